The number of ether oxygens (including phenoxy) is 2. The number of aliphatic hydroxyl groups excluding tert-OH is 1. The van der Waals surface area contributed by atoms with Crippen molar-refractivity contribution in [2.45, 2.75) is 26.1 Å². The number of rotatable bonds is 2. The van der Waals surface area contributed by atoms with Crippen LogP contribution in [0, 0.1) is 0 Å². The lowest BCUT2D eigenvalue weighted by Crippen LogP contribution is -2.29. The summed E-state index contributed by atoms with van der Waals surface area (Å²) in [7, 11) is 0. The second kappa shape index (κ2) is 3.68. The minimum absolute atomic E-state index is 0.127. The number of halogens is 1. The molecular weight excluding hydrogens is 260 g/mol. The highest BCUT2D eigenvalue weighted by atomic mass is 79.9. The van der Waals surface area contributed by atoms with Crippen LogP contribution in [0.25, 0.3) is 0 Å². The molecule has 1 heterocycles. The topological polar surface area (TPSA) is 38.7 Å². The maximum Gasteiger partial charge on any atom is 0.246 e. The van der Waals surface area contributed by atoms with Crippen LogP contribution in [-0.4, -0.2) is 17.5 Å². The van der Waals surface area contributed by atoms with Crippen molar-refractivity contribution in [2.75, 3.05) is 6.61 Å². The van der Waals surface area contributed by atoms with Crippen LogP contribution in [0.15, 0.2) is 16.6 Å². The first-order valence-corrected chi connectivity index (χ1v) is 5.62. The quantitative estimate of drug-likeness (QED) is 0.899. The van der Waals surface area contributed by atoms with E-state index >= 15 is 0 Å². The lowest BCUT2D eigenvalue weighted by Gasteiger charge is -2.16. The van der Waals surface area contributed by atoms with Gasteiger partial charge in [-0.15, -0.1) is 0 Å². The van der Waals surface area contributed by atoms with E-state index in [1.807, 2.05) is 26.0 Å². The average molecular weight is 273 g/mol. The fourth-order valence-electron chi connectivity index (χ4n) is 1.60. The van der Waals surface area contributed by atoms with Crippen LogP contribution in [0.3, 0.4) is 0 Å². The third-order valence-corrected chi connectivity index (χ3v) is 2.94. The van der Waals surface area contributed by atoms with Crippen molar-refractivity contribution in [3.05, 3.63) is 22.2 Å². The van der Waals surface area contributed by atoms with Gasteiger partial charge in [0.15, 0.2) is 11.5 Å². The third-order valence-electron chi connectivity index (χ3n) is 2.21. The normalized spacial score (nSPS) is 16.8. The Morgan fingerprint density at radius 3 is 2.47 bits per heavy atom. The molecule has 0 spiro atoms. The molecular formula is C11H13BrO3. The Kier molecular flexibility index (Phi) is 2.64. The predicted molar refractivity (Wildman–Crippen MR) is 60.3 cm³/mol. The fourth-order valence-corrected chi connectivity index (χ4v) is 2.12. The lowest BCUT2D eigenvalue weighted by molar-refractivity contribution is -0.0431. The van der Waals surface area contributed by atoms with Crippen LogP contribution in [0.2, 0.25) is 0 Å². The van der Waals surface area contributed by atoms with E-state index in [9.17, 15) is 0 Å². The van der Waals surface area contributed by atoms with Gasteiger partial charge in [-0.05, 0) is 24.1 Å². The zero-order chi connectivity index (χ0) is 11.1. The Hall–Kier alpha value is -0.740. The summed E-state index contributed by atoms with van der Waals surface area (Å²) in [6, 6.07) is 3.79. The zero-order valence-corrected chi connectivity index (χ0v) is 10.3. The van der Waals surface area contributed by atoms with Gasteiger partial charge in [0.25, 0.3) is 0 Å². The van der Waals surface area contributed by atoms with Gasteiger partial charge in [0.05, 0.1) is 0 Å². The van der Waals surface area contributed by atoms with Crippen molar-refractivity contribution in [2.24, 2.45) is 0 Å². The Labute approximate surface area is 97.1 Å². The molecule has 0 aromatic heterocycles. The van der Waals surface area contributed by atoms with Gasteiger partial charge < -0.3 is 14.6 Å². The van der Waals surface area contributed by atoms with Gasteiger partial charge in [-0.1, -0.05) is 15.9 Å². The monoisotopic (exact) mass is 272 g/mol. The highest BCUT2D eigenvalue weighted by Gasteiger charge is 2.32. The fraction of sp³-hybridized carbons (Fsp3) is 0.455. The molecule has 0 amide bonds. The minimum atomic E-state index is -0.598. The maximum absolute atomic E-state index is 8.90. The molecule has 2 rings (SSSR count). The van der Waals surface area contributed by atoms with E-state index in [1.54, 1.807) is 0 Å². The molecule has 1 aliphatic heterocycles. The Morgan fingerprint density at radius 1 is 1.27 bits per heavy atom. The summed E-state index contributed by atoms with van der Waals surface area (Å²) in [4.78, 5) is 0. The van der Waals surface area contributed by atoms with E-state index in [0.717, 1.165) is 21.5 Å². The van der Waals surface area contributed by atoms with Crippen LogP contribution < -0.4 is 9.47 Å². The molecule has 1 aromatic carbocycles. The Morgan fingerprint density at radius 2 is 1.87 bits per heavy atom. The van der Waals surface area contributed by atoms with Crippen LogP contribution >= 0.6 is 15.9 Å². The summed E-state index contributed by atoms with van der Waals surface area (Å²) in [6.45, 7) is 3.86. The summed E-state index contributed by atoms with van der Waals surface area (Å²) >= 11 is 3.44. The van der Waals surface area contributed by atoms with Crippen molar-refractivity contribution in [3.63, 3.8) is 0 Å². The predicted octanol–water partition coefficient (Wildman–Crippen LogP) is 2.49. The second-order valence-corrected chi connectivity index (χ2v) is 4.82. The molecule has 4 heteroatoms. The van der Waals surface area contributed by atoms with E-state index in [4.69, 9.17) is 14.6 Å². The van der Waals surface area contributed by atoms with E-state index in [0.29, 0.717) is 6.42 Å². The number of hydrogen-bond acceptors (Lipinski definition) is 3. The molecule has 0 unspecified atom stereocenters. The molecule has 0 bridgehead atoms. The Bertz CT molecular complexity index is 388. The zero-order valence-electron chi connectivity index (χ0n) is 8.71. The second-order valence-electron chi connectivity index (χ2n) is 3.97. The van der Waals surface area contributed by atoms with E-state index in [1.165, 1.54) is 0 Å². The largest absolute Gasteiger partial charge is 0.449 e. The summed E-state index contributed by atoms with van der Waals surface area (Å²) < 4.78 is 12.1. The SMILES string of the molecule is CC1(C)Oc2cc(Br)c(CCO)cc2O1. The van der Waals surface area contributed by atoms with Crippen LogP contribution in [0.4, 0.5) is 0 Å². The van der Waals surface area contributed by atoms with Gasteiger partial charge in [0, 0.05) is 24.9 Å². The molecule has 0 saturated heterocycles. The smallest absolute Gasteiger partial charge is 0.246 e. The molecule has 0 saturated carbocycles. The van der Waals surface area contributed by atoms with Gasteiger partial charge in [-0.25, -0.2) is 0 Å². The number of fused-ring (bicyclic) bond motifs is 1. The van der Waals surface area contributed by atoms with Crippen molar-refractivity contribution in [1.82, 2.24) is 0 Å². The van der Waals surface area contributed by atoms with Crippen LogP contribution in [0.1, 0.15) is 19.4 Å². The molecule has 82 valence electrons. The molecule has 3 nitrogen and oxygen atoms in total. The summed E-state index contributed by atoms with van der Waals surface area (Å²) in [5.74, 6) is 0.889. The summed E-state index contributed by atoms with van der Waals surface area (Å²) in [5.41, 5.74) is 1.03. The maximum atomic E-state index is 8.90. The molecule has 1 aromatic rings. The molecule has 1 N–H and O–H groups in total. The van der Waals surface area contributed by atoms with Gasteiger partial charge in [-0.2, -0.15) is 0 Å². The number of benzene rings is 1. The Balaban J connectivity index is 2.36. The van der Waals surface area contributed by atoms with Crippen molar-refractivity contribution >= 4 is 15.9 Å². The van der Waals surface area contributed by atoms with E-state index in [2.05, 4.69) is 15.9 Å². The van der Waals surface area contributed by atoms with E-state index in [-0.39, 0.29) is 6.61 Å². The lowest BCUT2D eigenvalue weighted by atomic mass is 10.1. The van der Waals surface area contributed by atoms with Crippen LogP contribution in [-0.2, 0) is 6.42 Å². The highest BCUT2D eigenvalue weighted by molar-refractivity contribution is 9.10. The first kappa shape index (κ1) is 10.8. The molecule has 0 radical (unpaired) electrons. The molecule has 0 fully saturated rings. The number of hydrogen-bond donors (Lipinski definition) is 1. The van der Waals surface area contributed by atoms with Gasteiger partial charge in [0.1, 0.15) is 0 Å². The van der Waals surface area contributed by atoms with Crippen LogP contribution in [0.5, 0.6) is 11.5 Å². The highest BCUT2D eigenvalue weighted by Crippen LogP contribution is 2.42. The van der Waals surface area contributed by atoms with E-state index < -0.39 is 5.79 Å². The van der Waals surface area contributed by atoms with Crippen molar-refractivity contribution < 1.29 is 14.6 Å². The van der Waals surface area contributed by atoms with Crippen molar-refractivity contribution in [3.8, 4) is 11.5 Å². The standard InChI is InChI=1S/C11H13BrO3/c1-11(2)14-9-5-7(3-4-13)8(12)6-10(9)15-11/h5-6,13H,3-4H2,1-2H3. The molecule has 0 atom stereocenters. The first-order valence-electron chi connectivity index (χ1n) is 4.83. The summed E-state index contributed by atoms with van der Waals surface area (Å²) in [6.07, 6.45) is 0.609. The number of aliphatic hydroxyl groups is 1. The molecule has 15 heavy (non-hydrogen) atoms. The summed E-state index contributed by atoms with van der Waals surface area (Å²) in [5, 5.41) is 8.90. The van der Waals surface area contributed by atoms with Gasteiger partial charge in [-0.3, -0.25) is 0 Å². The average Bonchev–Trinajstić information content (AvgIpc) is 2.39. The third kappa shape index (κ3) is 2.11. The van der Waals surface area contributed by atoms with Gasteiger partial charge >= 0.3 is 0 Å². The van der Waals surface area contributed by atoms with Crippen molar-refractivity contribution in [1.29, 1.82) is 0 Å². The first-order chi connectivity index (χ1) is 7.02. The molecule has 1 aliphatic rings. The molecule has 0 aliphatic carbocycles. The minimum Gasteiger partial charge on any atom is -0.449 e. The van der Waals surface area contributed by atoms with Gasteiger partial charge in [0.2, 0.25) is 5.79 Å².